The molecule has 5 aromatic rings. The van der Waals surface area contributed by atoms with E-state index in [4.69, 9.17) is 9.47 Å². The smallest absolute Gasteiger partial charge is 0.338 e. The molecule has 2 unspecified atom stereocenters. The SMILES string of the molecule is COc1cccc2c1C(OC(=O)c1ccc3c(c1)c1ccccc1[s+]3-c1ccccc1)CC2. The zero-order valence-corrected chi connectivity index (χ0v) is 19.1. The molecule has 0 aliphatic heterocycles. The zero-order valence-electron chi connectivity index (χ0n) is 18.3. The number of carbonyl (C=O) groups is 1. The minimum Gasteiger partial charge on any atom is -0.496 e. The topological polar surface area (TPSA) is 35.5 Å². The standard InChI is InChI=1S/C29H23O3S/c1-31-24-12-7-8-19-14-16-25(28(19)24)32-29(30)20-15-17-27-23(18-20)22-11-5-6-13-26(22)33(27)21-9-3-2-4-10-21/h2-13,15,17-18,25H,14,16H2,1H3/q+1. The van der Waals surface area contributed by atoms with E-state index in [0.717, 1.165) is 29.5 Å². The number of aryl methyl sites for hydroxylation is 1. The Hall–Kier alpha value is -3.63. The van der Waals surface area contributed by atoms with Gasteiger partial charge in [-0.25, -0.2) is 4.79 Å². The highest BCUT2D eigenvalue weighted by molar-refractivity contribution is 7.50. The molecule has 1 heterocycles. The lowest BCUT2D eigenvalue weighted by molar-refractivity contribution is 0.0297. The van der Waals surface area contributed by atoms with Crippen LogP contribution in [0.3, 0.4) is 0 Å². The van der Waals surface area contributed by atoms with E-state index >= 15 is 0 Å². The molecule has 0 radical (unpaired) electrons. The van der Waals surface area contributed by atoms with Crippen LogP contribution in [0.5, 0.6) is 5.75 Å². The van der Waals surface area contributed by atoms with E-state index in [1.165, 1.54) is 25.2 Å². The summed E-state index contributed by atoms with van der Waals surface area (Å²) < 4.78 is 14.1. The van der Waals surface area contributed by atoms with Gasteiger partial charge in [0, 0.05) is 26.8 Å². The van der Waals surface area contributed by atoms with E-state index in [9.17, 15) is 4.79 Å². The summed E-state index contributed by atoms with van der Waals surface area (Å²) in [6, 6.07) is 31.1. The summed E-state index contributed by atoms with van der Waals surface area (Å²) in [6.07, 6.45) is 1.40. The molecule has 4 heteroatoms. The molecule has 0 fully saturated rings. The average Bonchev–Trinajstić information content (AvgIpc) is 3.43. The number of ether oxygens (including phenoxy) is 2. The van der Waals surface area contributed by atoms with Crippen molar-refractivity contribution in [3.05, 3.63) is 108 Å². The predicted molar refractivity (Wildman–Crippen MR) is 135 cm³/mol. The summed E-state index contributed by atoms with van der Waals surface area (Å²) in [5, 5.41) is 2.32. The Balaban J connectivity index is 1.41. The van der Waals surface area contributed by atoms with Crippen LogP contribution in [-0.4, -0.2) is 13.1 Å². The Bertz CT molecular complexity index is 1500. The minimum absolute atomic E-state index is 0.169. The third kappa shape index (κ3) is 3.30. The van der Waals surface area contributed by atoms with E-state index in [-0.39, 0.29) is 22.5 Å². The number of methoxy groups -OCH3 is 1. The Morgan fingerprint density at radius 2 is 1.64 bits per heavy atom. The lowest BCUT2D eigenvalue weighted by Gasteiger charge is -2.16. The van der Waals surface area contributed by atoms with Crippen molar-refractivity contribution in [2.45, 2.75) is 18.9 Å². The molecular formula is C29H23O3S+. The molecule has 1 aromatic heterocycles. The quantitative estimate of drug-likeness (QED) is 0.209. The highest BCUT2D eigenvalue weighted by Crippen LogP contribution is 2.48. The number of carbonyl (C=O) groups excluding carboxylic acids is 1. The summed E-state index contributed by atoms with van der Waals surface area (Å²) in [7, 11) is 1.49. The fourth-order valence-electron chi connectivity index (χ4n) is 4.94. The van der Waals surface area contributed by atoms with Crippen LogP contribution in [0.2, 0.25) is 0 Å². The molecule has 1 aliphatic carbocycles. The molecule has 0 bridgehead atoms. The first-order valence-corrected chi connectivity index (χ1v) is 12.4. The van der Waals surface area contributed by atoms with Crippen molar-refractivity contribution in [1.82, 2.24) is 0 Å². The summed E-state index contributed by atoms with van der Waals surface area (Å²) in [5.41, 5.74) is 2.79. The van der Waals surface area contributed by atoms with Crippen molar-refractivity contribution in [3.8, 4) is 10.6 Å². The third-order valence-corrected chi connectivity index (χ3v) is 8.77. The van der Waals surface area contributed by atoms with Crippen molar-refractivity contribution in [2.24, 2.45) is 0 Å². The van der Waals surface area contributed by atoms with Crippen LogP contribution in [0.25, 0.3) is 25.1 Å². The molecule has 4 aromatic carbocycles. The van der Waals surface area contributed by atoms with Crippen LogP contribution in [0, 0.1) is 0 Å². The Morgan fingerprint density at radius 3 is 2.48 bits per heavy atom. The second kappa shape index (κ2) is 8.05. The van der Waals surface area contributed by atoms with Gasteiger partial charge in [-0.15, -0.1) is 0 Å². The van der Waals surface area contributed by atoms with Crippen LogP contribution in [0.4, 0.5) is 0 Å². The minimum atomic E-state index is -0.287. The highest BCUT2D eigenvalue weighted by Gasteiger charge is 2.30. The van der Waals surface area contributed by atoms with Gasteiger partial charge in [0.05, 0.1) is 12.7 Å². The van der Waals surface area contributed by atoms with E-state index < -0.39 is 0 Å². The maximum absolute atomic E-state index is 13.2. The number of thiophene rings is 1. The first kappa shape index (κ1) is 20.0. The molecule has 0 spiro atoms. The first-order chi connectivity index (χ1) is 16.2. The van der Waals surface area contributed by atoms with Gasteiger partial charge in [0.15, 0.2) is 14.3 Å². The molecule has 162 valence electrons. The lowest BCUT2D eigenvalue weighted by atomic mass is 10.1. The van der Waals surface area contributed by atoms with Gasteiger partial charge >= 0.3 is 5.97 Å². The molecule has 2 atom stereocenters. The van der Waals surface area contributed by atoms with Gasteiger partial charge in [0.25, 0.3) is 0 Å². The second-order valence-electron chi connectivity index (χ2n) is 8.29. The first-order valence-electron chi connectivity index (χ1n) is 11.1. The predicted octanol–water partition coefficient (Wildman–Crippen LogP) is 7.58. The van der Waals surface area contributed by atoms with Crippen LogP contribution in [0.15, 0.2) is 91.0 Å². The number of esters is 1. The summed E-state index contributed by atoms with van der Waals surface area (Å²) in [4.78, 5) is 14.5. The zero-order chi connectivity index (χ0) is 22.4. The van der Waals surface area contributed by atoms with Crippen LogP contribution < -0.4 is 4.74 Å². The molecule has 6 rings (SSSR count). The van der Waals surface area contributed by atoms with E-state index in [0.29, 0.717) is 5.56 Å². The van der Waals surface area contributed by atoms with E-state index in [1.807, 2.05) is 30.3 Å². The fourth-order valence-corrected chi connectivity index (χ4v) is 7.32. The molecule has 0 saturated carbocycles. The normalized spacial score (nSPS) is 15.5. The maximum atomic E-state index is 13.2. The van der Waals surface area contributed by atoms with Gasteiger partial charge in [-0.2, -0.15) is 0 Å². The second-order valence-corrected chi connectivity index (χ2v) is 10.3. The van der Waals surface area contributed by atoms with Gasteiger partial charge in [-0.3, -0.25) is 0 Å². The van der Waals surface area contributed by atoms with Crippen LogP contribution >= 0.6 is 10.5 Å². The highest BCUT2D eigenvalue weighted by atomic mass is 32.2. The van der Waals surface area contributed by atoms with Crippen molar-refractivity contribution >= 4 is 36.6 Å². The largest absolute Gasteiger partial charge is 0.496 e. The lowest BCUT2D eigenvalue weighted by Crippen LogP contribution is -2.10. The van der Waals surface area contributed by atoms with Crippen LogP contribution in [0.1, 0.15) is 34.0 Å². The monoisotopic (exact) mass is 451 g/mol. The maximum Gasteiger partial charge on any atom is 0.338 e. The molecule has 0 amide bonds. The molecule has 0 N–H and O–H groups in total. The van der Waals surface area contributed by atoms with E-state index in [2.05, 4.69) is 60.7 Å². The number of hydrogen-bond acceptors (Lipinski definition) is 3. The Kier molecular flexibility index (Phi) is 4.88. The van der Waals surface area contributed by atoms with E-state index in [1.54, 1.807) is 7.11 Å². The summed E-state index contributed by atoms with van der Waals surface area (Å²) in [6.45, 7) is 0. The van der Waals surface area contributed by atoms with Gasteiger partial charge in [-0.05, 0) is 66.9 Å². The molecule has 1 aliphatic rings. The van der Waals surface area contributed by atoms with Gasteiger partial charge in [-0.1, -0.05) is 42.5 Å². The molecule has 33 heavy (non-hydrogen) atoms. The van der Waals surface area contributed by atoms with Gasteiger partial charge in [0.2, 0.25) is 0 Å². The van der Waals surface area contributed by atoms with Crippen LogP contribution in [-0.2, 0) is 11.2 Å². The number of fused-ring (bicyclic) bond motifs is 4. The molecule has 0 saturated heterocycles. The molecule has 3 nitrogen and oxygen atoms in total. The van der Waals surface area contributed by atoms with Gasteiger partial charge < -0.3 is 9.47 Å². The fraction of sp³-hybridized carbons (Fsp3) is 0.138. The van der Waals surface area contributed by atoms with Gasteiger partial charge in [0.1, 0.15) is 11.9 Å². The summed E-state index contributed by atoms with van der Waals surface area (Å²) >= 11 is 0. The number of hydrogen-bond donors (Lipinski definition) is 0. The van der Waals surface area contributed by atoms with Crippen molar-refractivity contribution in [1.29, 1.82) is 0 Å². The van der Waals surface area contributed by atoms with Crippen molar-refractivity contribution in [2.75, 3.05) is 7.11 Å². The third-order valence-electron chi connectivity index (χ3n) is 6.43. The Morgan fingerprint density at radius 1 is 0.848 bits per heavy atom. The number of rotatable bonds is 4. The van der Waals surface area contributed by atoms with Crippen molar-refractivity contribution in [3.63, 3.8) is 0 Å². The molecular weight excluding hydrogens is 428 g/mol. The summed E-state index contributed by atoms with van der Waals surface area (Å²) in [5.74, 6) is 0.503. The van der Waals surface area contributed by atoms with Crippen molar-refractivity contribution < 1.29 is 14.3 Å². The Labute approximate surface area is 195 Å². The average molecular weight is 452 g/mol. The number of benzene rings is 4.